The van der Waals surface area contributed by atoms with Crippen molar-refractivity contribution in [1.82, 2.24) is 4.98 Å². The van der Waals surface area contributed by atoms with E-state index in [4.69, 9.17) is 14.2 Å². The average Bonchev–Trinajstić information content (AvgIpc) is 3.70. The Morgan fingerprint density at radius 3 is 2.62 bits per heavy atom. The third-order valence-corrected chi connectivity index (χ3v) is 8.33. The van der Waals surface area contributed by atoms with Crippen LogP contribution in [0.4, 0.5) is 4.39 Å². The SMILES string of the molecule is C=CC1(c2cc(COc3cccc([C@@H](CC(=O)OC)C4CC4)c3)ccc2-c2cc(OC)ncc2F)CCCC1. The molecule has 0 radical (unpaired) electrons. The van der Waals surface area contributed by atoms with Crippen LogP contribution in [0.15, 0.2) is 67.4 Å². The van der Waals surface area contributed by atoms with Crippen LogP contribution in [0.1, 0.15) is 67.6 Å². The highest BCUT2D eigenvalue weighted by Crippen LogP contribution is 2.47. The zero-order valence-electron chi connectivity index (χ0n) is 22.8. The second-order valence-electron chi connectivity index (χ2n) is 10.7. The van der Waals surface area contributed by atoms with Crippen LogP contribution in [-0.4, -0.2) is 25.2 Å². The Bertz CT molecular complexity index is 1340. The van der Waals surface area contributed by atoms with Gasteiger partial charge in [-0.05, 0) is 71.9 Å². The van der Waals surface area contributed by atoms with E-state index >= 15 is 4.39 Å². The molecule has 0 unspecified atom stereocenters. The Morgan fingerprint density at radius 2 is 1.92 bits per heavy atom. The van der Waals surface area contributed by atoms with Crippen molar-refractivity contribution < 1.29 is 23.4 Å². The topological polar surface area (TPSA) is 57.7 Å². The molecule has 0 spiro atoms. The summed E-state index contributed by atoms with van der Waals surface area (Å²) in [5.74, 6) is 1.24. The number of carbonyl (C=O) groups is 1. The van der Waals surface area contributed by atoms with Gasteiger partial charge >= 0.3 is 5.97 Å². The molecule has 0 amide bonds. The van der Waals surface area contributed by atoms with E-state index in [1.54, 1.807) is 6.07 Å². The predicted molar refractivity (Wildman–Crippen MR) is 149 cm³/mol. The molecule has 5 nitrogen and oxygen atoms in total. The molecule has 2 aliphatic rings. The van der Waals surface area contributed by atoms with Gasteiger partial charge in [-0.25, -0.2) is 9.37 Å². The summed E-state index contributed by atoms with van der Waals surface area (Å²) < 4.78 is 31.5. The summed E-state index contributed by atoms with van der Waals surface area (Å²) in [4.78, 5) is 16.0. The van der Waals surface area contributed by atoms with E-state index in [1.807, 2.05) is 36.4 Å². The van der Waals surface area contributed by atoms with Crippen LogP contribution in [0.5, 0.6) is 11.6 Å². The number of nitrogens with zero attached hydrogens (tertiary/aromatic N) is 1. The summed E-state index contributed by atoms with van der Waals surface area (Å²) in [7, 11) is 2.97. The molecular formula is C33H36FNO4. The fourth-order valence-electron chi connectivity index (χ4n) is 5.97. The molecule has 0 saturated heterocycles. The van der Waals surface area contributed by atoms with E-state index in [-0.39, 0.29) is 23.1 Å². The molecule has 39 heavy (non-hydrogen) atoms. The third kappa shape index (κ3) is 5.85. The van der Waals surface area contributed by atoms with Crippen molar-refractivity contribution in [3.8, 4) is 22.8 Å². The number of allylic oxidation sites excluding steroid dienone is 1. The molecule has 0 aliphatic heterocycles. The number of hydrogen-bond acceptors (Lipinski definition) is 5. The number of aromatic nitrogens is 1. The van der Waals surface area contributed by atoms with Gasteiger partial charge in [0.25, 0.3) is 0 Å². The number of hydrogen-bond donors (Lipinski definition) is 0. The van der Waals surface area contributed by atoms with Gasteiger partial charge < -0.3 is 14.2 Å². The highest BCUT2D eigenvalue weighted by atomic mass is 19.1. The Morgan fingerprint density at radius 1 is 1.13 bits per heavy atom. The van der Waals surface area contributed by atoms with E-state index in [0.29, 0.717) is 30.4 Å². The van der Waals surface area contributed by atoms with Crippen molar-refractivity contribution in [3.63, 3.8) is 0 Å². The van der Waals surface area contributed by atoms with Gasteiger partial charge in [0.2, 0.25) is 5.88 Å². The number of pyridine rings is 1. The van der Waals surface area contributed by atoms with Crippen LogP contribution in [-0.2, 0) is 21.6 Å². The molecule has 1 heterocycles. The first-order valence-electron chi connectivity index (χ1n) is 13.7. The largest absolute Gasteiger partial charge is 0.489 e. The standard InChI is InChI=1S/C33H36FNO4/c1-4-33(14-5-6-15-33)29-16-22(10-13-26(29)28-18-31(37-2)35-20-30(28)34)21-39-25-9-7-8-24(17-25)27(23-11-12-23)19-32(36)38-3/h4,7-10,13,16-18,20,23,27H,1,5-6,11-12,14-15,19,21H2,2-3H3/t27-/m0/s1. The number of methoxy groups -OCH3 is 2. The minimum absolute atomic E-state index is 0.147. The second-order valence-corrected chi connectivity index (χ2v) is 10.7. The van der Waals surface area contributed by atoms with Crippen LogP contribution in [0.3, 0.4) is 0 Å². The van der Waals surface area contributed by atoms with Crippen molar-refractivity contribution >= 4 is 5.97 Å². The van der Waals surface area contributed by atoms with Gasteiger partial charge in [0, 0.05) is 17.0 Å². The minimum atomic E-state index is -0.382. The molecule has 204 valence electrons. The lowest BCUT2D eigenvalue weighted by Gasteiger charge is -2.29. The third-order valence-electron chi connectivity index (χ3n) is 8.33. The zero-order valence-corrected chi connectivity index (χ0v) is 22.8. The summed E-state index contributed by atoms with van der Waals surface area (Å²) in [6, 6.07) is 15.8. The van der Waals surface area contributed by atoms with Crippen LogP contribution in [0.2, 0.25) is 0 Å². The van der Waals surface area contributed by atoms with Gasteiger partial charge in [0.15, 0.2) is 0 Å². The molecule has 5 rings (SSSR count). The van der Waals surface area contributed by atoms with E-state index in [9.17, 15) is 4.79 Å². The Hall–Kier alpha value is -3.67. The normalized spacial score (nSPS) is 16.9. The van der Waals surface area contributed by atoms with Gasteiger partial charge in [-0.2, -0.15) is 0 Å². The first-order chi connectivity index (χ1) is 19.0. The maximum absolute atomic E-state index is 15.0. The number of ether oxygens (including phenoxy) is 3. The van der Waals surface area contributed by atoms with E-state index in [0.717, 1.165) is 66.5 Å². The predicted octanol–water partition coefficient (Wildman–Crippen LogP) is 7.53. The highest BCUT2D eigenvalue weighted by Gasteiger charge is 2.36. The van der Waals surface area contributed by atoms with Gasteiger partial charge in [-0.1, -0.05) is 49.2 Å². The average molecular weight is 530 g/mol. The lowest BCUT2D eigenvalue weighted by Crippen LogP contribution is -2.20. The molecule has 3 aromatic rings. The molecule has 6 heteroatoms. The van der Waals surface area contributed by atoms with Crippen LogP contribution >= 0.6 is 0 Å². The van der Waals surface area contributed by atoms with Gasteiger partial charge in [-0.3, -0.25) is 4.79 Å². The fraction of sp³-hybridized carbons (Fsp3) is 0.394. The van der Waals surface area contributed by atoms with Crippen molar-refractivity contribution in [1.29, 1.82) is 0 Å². The van der Waals surface area contributed by atoms with Crippen LogP contribution < -0.4 is 9.47 Å². The summed E-state index contributed by atoms with van der Waals surface area (Å²) in [6.45, 7) is 4.55. The highest BCUT2D eigenvalue weighted by molar-refractivity contribution is 5.72. The Balaban J connectivity index is 1.43. The zero-order chi connectivity index (χ0) is 27.4. The number of carbonyl (C=O) groups excluding carboxylic acids is 1. The van der Waals surface area contributed by atoms with Crippen molar-refractivity contribution in [2.24, 2.45) is 5.92 Å². The monoisotopic (exact) mass is 529 g/mol. The fourth-order valence-corrected chi connectivity index (χ4v) is 5.97. The number of halogens is 1. The quantitative estimate of drug-likeness (QED) is 0.190. The number of benzene rings is 2. The summed E-state index contributed by atoms with van der Waals surface area (Å²) >= 11 is 0. The van der Waals surface area contributed by atoms with E-state index in [1.165, 1.54) is 20.4 Å². The lowest BCUT2D eigenvalue weighted by molar-refractivity contribution is -0.141. The van der Waals surface area contributed by atoms with Crippen LogP contribution in [0, 0.1) is 11.7 Å². The van der Waals surface area contributed by atoms with Gasteiger partial charge in [-0.15, -0.1) is 6.58 Å². The van der Waals surface area contributed by atoms with E-state index < -0.39 is 0 Å². The Kier molecular flexibility index (Phi) is 8.01. The molecule has 2 fully saturated rings. The van der Waals surface area contributed by atoms with Crippen molar-refractivity contribution in [3.05, 3.63) is 89.9 Å². The molecule has 1 atom stereocenters. The van der Waals surface area contributed by atoms with Crippen molar-refractivity contribution in [2.75, 3.05) is 14.2 Å². The molecular weight excluding hydrogens is 493 g/mol. The molecule has 1 aromatic heterocycles. The molecule has 2 aromatic carbocycles. The minimum Gasteiger partial charge on any atom is -0.489 e. The molecule has 0 N–H and O–H groups in total. The maximum atomic E-state index is 15.0. The van der Waals surface area contributed by atoms with Crippen molar-refractivity contribution in [2.45, 2.75) is 62.9 Å². The van der Waals surface area contributed by atoms with E-state index in [2.05, 4.69) is 23.7 Å². The van der Waals surface area contributed by atoms with Gasteiger partial charge in [0.05, 0.1) is 26.8 Å². The molecule has 2 aliphatic carbocycles. The Labute approximate surface area is 230 Å². The summed E-state index contributed by atoms with van der Waals surface area (Å²) in [5.41, 5.74) is 4.25. The second kappa shape index (κ2) is 11.6. The van der Waals surface area contributed by atoms with Crippen LogP contribution in [0.25, 0.3) is 11.1 Å². The first kappa shape index (κ1) is 26.9. The first-order valence-corrected chi connectivity index (χ1v) is 13.7. The number of rotatable bonds is 11. The lowest BCUT2D eigenvalue weighted by atomic mass is 9.75. The summed E-state index contributed by atoms with van der Waals surface area (Å²) in [5, 5.41) is 0. The smallest absolute Gasteiger partial charge is 0.306 e. The number of esters is 1. The molecule has 2 saturated carbocycles. The van der Waals surface area contributed by atoms with Gasteiger partial charge in [0.1, 0.15) is 18.2 Å². The maximum Gasteiger partial charge on any atom is 0.306 e. The molecule has 0 bridgehead atoms. The summed E-state index contributed by atoms with van der Waals surface area (Å²) in [6.07, 6.45) is 10.1.